The lowest BCUT2D eigenvalue weighted by atomic mass is 10.3. The first-order valence-corrected chi connectivity index (χ1v) is 9.04. The Morgan fingerprint density at radius 3 is 1.61 bits per heavy atom. The monoisotopic (exact) mass is 278 g/mol. The van der Waals surface area contributed by atoms with Crippen LogP contribution in [0.1, 0.15) is 53.9 Å². The molecule has 0 aliphatic heterocycles. The van der Waals surface area contributed by atoms with E-state index in [1.807, 2.05) is 20.8 Å². The third-order valence-electron chi connectivity index (χ3n) is 2.50. The van der Waals surface area contributed by atoms with Crippen LogP contribution in [0.4, 0.5) is 0 Å². The summed E-state index contributed by atoms with van der Waals surface area (Å²) in [6, 6.07) is 0. The standard InChI is InChI=1S/C13H30O4Si/c1-6-11-13(14-12-7-2)18(15-8-3,16-9-4)17-10-5/h13H,6-12H2,1-5H3. The molecule has 110 valence electrons. The average Bonchev–Trinajstić information content (AvgIpc) is 2.35. The van der Waals surface area contributed by atoms with Gasteiger partial charge >= 0.3 is 8.80 Å². The Balaban J connectivity index is 4.88. The molecule has 0 saturated heterocycles. The van der Waals surface area contributed by atoms with E-state index in [9.17, 15) is 0 Å². The lowest BCUT2D eigenvalue weighted by molar-refractivity contribution is -0.0129. The van der Waals surface area contributed by atoms with Gasteiger partial charge < -0.3 is 18.0 Å². The van der Waals surface area contributed by atoms with Gasteiger partial charge in [0.2, 0.25) is 0 Å². The van der Waals surface area contributed by atoms with E-state index < -0.39 is 8.80 Å². The van der Waals surface area contributed by atoms with E-state index in [0.717, 1.165) is 25.9 Å². The maximum absolute atomic E-state index is 5.94. The van der Waals surface area contributed by atoms with Crippen LogP contribution >= 0.6 is 0 Å². The van der Waals surface area contributed by atoms with E-state index in [1.54, 1.807) is 0 Å². The summed E-state index contributed by atoms with van der Waals surface area (Å²) in [5.74, 6) is 0. The minimum Gasteiger partial charge on any atom is -0.374 e. The molecule has 1 unspecified atom stereocenters. The zero-order chi connectivity index (χ0) is 13.9. The highest BCUT2D eigenvalue weighted by Crippen LogP contribution is 2.22. The highest BCUT2D eigenvalue weighted by Gasteiger charge is 2.49. The van der Waals surface area contributed by atoms with Crippen molar-refractivity contribution in [3.63, 3.8) is 0 Å². The van der Waals surface area contributed by atoms with E-state index in [0.29, 0.717) is 19.8 Å². The highest BCUT2D eigenvalue weighted by atomic mass is 28.4. The zero-order valence-electron chi connectivity index (χ0n) is 12.7. The van der Waals surface area contributed by atoms with Gasteiger partial charge in [-0.1, -0.05) is 20.3 Å². The second-order valence-corrected chi connectivity index (χ2v) is 6.77. The number of rotatable bonds is 12. The quantitative estimate of drug-likeness (QED) is 0.514. The lowest BCUT2D eigenvalue weighted by Crippen LogP contribution is -2.57. The fourth-order valence-corrected chi connectivity index (χ4v) is 4.87. The molecule has 0 rings (SSSR count). The van der Waals surface area contributed by atoms with E-state index in [-0.39, 0.29) is 5.73 Å². The molecule has 4 nitrogen and oxygen atoms in total. The first-order valence-electron chi connectivity index (χ1n) is 7.24. The van der Waals surface area contributed by atoms with Crippen molar-refractivity contribution in [1.29, 1.82) is 0 Å². The molecule has 0 aliphatic rings. The Morgan fingerprint density at radius 2 is 1.28 bits per heavy atom. The molecule has 5 heteroatoms. The molecular formula is C13H30O4Si. The Hall–Kier alpha value is 0.0569. The highest BCUT2D eigenvalue weighted by molar-refractivity contribution is 6.62. The summed E-state index contributed by atoms with van der Waals surface area (Å²) in [5.41, 5.74) is -0.0395. The third-order valence-corrected chi connectivity index (χ3v) is 5.82. The van der Waals surface area contributed by atoms with Gasteiger partial charge in [0.05, 0.1) is 0 Å². The van der Waals surface area contributed by atoms with E-state index >= 15 is 0 Å². The van der Waals surface area contributed by atoms with Crippen LogP contribution < -0.4 is 0 Å². The molecule has 0 aromatic carbocycles. The predicted octanol–water partition coefficient (Wildman–Crippen LogP) is 3.17. The molecule has 0 aliphatic carbocycles. The van der Waals surface area contributed by atoms with Crippen molar-refractivity contribution >= 4 is 8.80 Å². The van der Waals surface area contributed by atoms with Crippen LogP contribution in [-0.4, -0.2) is 41.0 Å². The molecule has 0 amide bonds. The Bertz CT molecular complexity index is 173. The first kappa shape index (κ1) is 18.1. The van der Waals surface area contributed by atoms with Gasteiger partial charge in [0.1, 0.15) is 5.73 Å². The van der Waals surface area contributed by atoms with Gasteiger partial charge in [-0.05, 0) is 33.6 Å². The van der Waals surface area contributed by atoms with Crippen LogP contribution in [0.15, 0.2) is 0 Å². The Morgan fingerprint density at radius 1 is 0.778 bits per heavy atom. The van der Waals surface area contributed by atoms with E-state index in [2.05, 4.69) is 13.8 Å². The second kappa shape index (κ2) is 10.9. The van der Waals surface area contributed by atoms with Gasteiger partial charge in [-0.3, -0.25) is 0 Å². The fourth-order valence-electron chi connectivity index (χ4n) is 1.89. The van der Waals surface area contributed by atoms with Crippen LogP contribution in [-0.2, 0) is 18.0 Å². The minimum atomic E-state index is -2.71. The normalized spacial score (nSPS) is 13.8. The number of hydrogen-bond acceptors (Lipinski definition) is 4. The molecule has 0 heterocycles. The second-order valence-electron chi connectivity index (χ2n) is 4.05. The van der Waals surface area contributed by atoms with Crippen LogP contribution in [0.2, 0.25) is 0 Å². The maximum Gasteiger partial charge on any atom is 0.531 e. The molecule has 0 N–H and O–H groups in total. The van der Waals surface area contributed by atoms with Crippen molar-refractivity contribution in [2.24, 2.45) is 0 Å². The fraction of sp³-hybridized carbons (Fsp3) is 1.00. The number of ether oxygens (including phenoxy) is 1. The summed E-state index contributed by atoms with van der Waals surface area (Å²) >= 11 is 0. The molecule has 0 spiro atoms. The van der Waals surface area contributed by atoms with Gasteiger partial charge in [-0.15, -0.1) is 0 Å². The van der Waals surface area contributed by atoms with Crippen molar-refractivity contribution in [2.75, 3.05) is 26.4 Å². The Kier molecular flexibility index (Phi) is 11.0. The summed E-state index contributed by atoms with van der Waals surface area (Å²) in [4.78, 5) is 0. The molecule has 0 aromatic rings. The molecule has 1 atom stereocenters. The summed E-state index contributed by atoms with van der Waals surface area (Å²) in [6.07, 6.45) is 2.96. The first-order chi connectivity index (χ1) is 8.70. The van der Waals surface area contributed by atoms with Crippen LogP contribution in [0, 0.1) is 0 Å². The van der Waals surface area contributed by atoms with Gasteiger partial charge in [0.25, 0.3) is 0 Å². The van der Waals surface area contributed by atoms with Crippen molar-refractivity contribution in [2.45, 2.75) is 59.6 Å². The van der Waals surface area contributed by atoms with Crippen molar-refractivity contribution in [3.05, 3.63) is 0 Å². The third kappa shape index (κ3) is 5.80. The maximum atomic E-state index is 5.94. The molecule has 0 fully saturated rings. The molecule has 0 aromatic heterocycles. The van der Waals surface area contributed by atoms with E-state index in [4.69, 9.17) is 18.0 Å². The van der Waals surface area contributed by atoms with Crippen molar-refractivity contribution in [1.82, 2.24) is 0 Å². The Labute approximate surface area is 113 Å². The van der Waals surface area contributed by atoms with Crippen LogP contribution in [0.3, 0.4) is 0 Å². The smallest absolute Gasteiger partial charge is 0.374 e. The summed E-state index contributed by atoms with van der Waals surface area (Å²) in [5, 5.41) is 0. The van der Waals surface area contributed by atoms with Gasteiger partial charge in [0.15, 0.2) is 0 Å². The van der Waals surface area contributed by atoms with Crippen LogP contribution in [0.5, 0.6) is 0 Å². The van der Waals surface area contributed by atoms with Gasteiger partial charge in [-0.2, -0.15) is 0 Å². The molecule has 0 radical (unpaired) electrons. The van der Waals surface area contributed by atoms with Gasteiger partial charge in [-0.25, -0.2) is 0 Å². The predicted molar refractivity (Wildman–Crippen MR) is 75.6 cm³/mol. The van der Waals surface area contributed by atoms with Crippen molar-refractivity contribution < 1.29 is 18.0 Å². The summed E-state index contributed by atoms with van der Waals surface area (Å²) in [7, 11) is -2.71. The zero-order valence-corrected chi connectivity index (χ0v) is 13.7. The largest absolute Gasteiger partial charge is 0.531 e. The topological polar surface area (TPSA) is 36.9 Å². The number of hydrogen-bond donors (Lipinski definition) is 0. The molecule has 18 heavy (non-hydrogen) atoms. The minimum absolute atomic E-state index is 0.0395. The lowest BCUT2D eigenvalue weighted by Gasteiger charge is -2.34. The average molecular weight is 278 g/mol. The summed E-state index contributed by atoms with van der Waals surface area (Å²) in [6.45, 7) is 12.7. The van der Waals surface area contributed by atoms with Crippen molar-refractivity contribution in [3.8, 4) is 0 Å². The molecule has 0 bridgehead atoms. The summed E-state index contributed by atoms with van der Waals surface area (Å²) < 4.78 is 23.6. The van der Waals surface area contributed by atoms with Crippen LogP contribution in [0.25, 0.3) is 0 Å². The molecular weight excluding hydrogens is 248 g/mol. The SMILES string of the molecule is CCCOC(CCC)[Si](OCC)(OCC)OCC. The van der Waals surface area contributed by atoms with Gasteiger partial charge in [0, 0.05) is 26.4 Å². The molecule has 0 saturated carbocycles. The van der Waals surface area contributed by atoms with E-state index in [1.165, 1.54) is 0 Å².